The van der Waals surface area contributed by atoms with Gasteiger partial charge in [-0.1, -0.05) is 51.1 Å². The fraction of sp³-hybridized carbons (Fsp3) is 0.350. The van der Waals surface area contributed by atoms with Crippen molar-refractivity contribution in [2.75, 3.05) is 18.5 Å². The van der Waals surface area contributed by atoms with Crippen molar-refractivity contribution >= 4 is 11.7 Å². The molecule has 0 saturated heterocycles. The summed E-state index contributed by atoms with van der Waals surface area (Å²) in [7, 11) is 0. The lowest BCUT2D eigenvalue weighted by molar-refractivity contribution is 0.247. The van der Waals surface area contributed by atoms with Crippen molar-refractivity contribution < 1.29 is 9.53 Å². The highest BCUT2D eigenvalue weighted by molar-refractivity contribution is 5.90. The average Bonchev–Trinajstić information content (AvgIpc) is 2.59. The highest BCUT2D eigenvalue weighted by Crippen LogP contribution is 2.23. The largest absolute Gasteiger partial charge is 0.492 e. The molecular weight excluding hydrogens is 300 g/mol. The molecule has 0 bridgehead atoms. The van der Waals surface area contributed by atoms with E-state index in [1.165, 1.54) is 5.56 Å². The molecule has 2 rings (SSSR count). The first-order chi connectivity index (χ1) is 11.6. The Morgan fingerprint density at radius 3 is 2.46 bits per heavy atom. The zero-order valence-electron chi connectivity index (χ0n) is 14.6. The number of benzene rings is 2. The second-order valence-electron chi connectivity index (χ2n) is 5.97. The molecular formula is C20H26N2O2. The lowest BCUT2D eigenvalue weighted by atomic mass is 10.0. The first-order valence-corrected chi connectivity index (χ1v) is 8.45. The number of carbonyl (C=O) groups is 1. The van der Waals surface area contributed by atoms with Crippen LogP contribution in [0.3, 0.4) is 0 Å². The van der Waals surface area contributed by atoms with Crippen LogP contribution >= 0.6 is 0 Å². The third-order valence-electron chi connectivity index (χ3n) is 3.82. The van der Waals surface area contributed by atoms with Gasteiger partial charge in [0, 0.05) is 5.69 Å². The standard InChI is InChI=1S/C20H26N2O2/c1-4-16-9-11-17(12-10-16)24-14-13-21-20(23)22-19-8-6-5-7-18(19)15(2)3/h5-12,15H,4,13-14H2,1-3H3,(H2,21,22,23). The van der Waals surface area contributed by atoms with Crippen LogP contribution < -0.4 is 15.4 Å². The van der Waals surface area contributed by atoms with Gasteiger partial charge in [0.05, 0.1) is 6.54 Å². The Hall–Kier alpha value is -2.49. The monoisotopic (exact) mass is 326 g/mol. The molecule has 2 N–H and O–H groups in total. The molecule has 0 aliphatic carbocycles. The molecule has 4 nitrogen and oxygen atoms in total. The Labute approximate surface area is 144 Å². The molecule has 0 aromatic heterocycles. The minimum absolute atomic E-state index is 0.215. The predicted molar refractivity (Wildman–Crippen MR) is 98.9 cm³/mol. The molecule has 0 heterocycles. The third-order valence-corrected chi connectivity index (χ3v) is 3.82. The summed E-state index contributed by atoms with van der Waals surface area (Å²) in [5, 5.41) is 5.72. The molecule has 0 atom stereocenters. The molecule has 0 aliphatic heterocycles. The number of hydrogen-bond donors (Lipinski definition) is 2. The van der Waals surface area contributed by atoms with Crippen molar-refractivity contribution in [3.05, 3.63) is 59.7 Å². The van der Waals surface area contributed by atoms with Crippen LogP contribution in [0.5, 0.6) is 5.75 Å². The lowest BCUT2D eigenvalue weighted by Crippen LogP contribution is -2.32. The minimum Gasteiger partial charge on any atom is -0.492 e. The highest BCUT2D eigenvalue weighted by atomic mass is 16.5. The summed E-state index contributed by atoms with van der Waals surface area (Å²) in [6.07, 6.45) is 1.01. The number of anilines is 1. The van der Waals surface area contributed by atoms with Crippen LogP contribution in [0, 0.1) is 0 Å². The van der Waals surface area contributed by atoms with E-state index in [4.69, 9.17) is 4.74 Å². The van der Waals surface area contributed by atoms with Crippen molar-refractivity contribution in [1.29, 1.82) is 0 Å². The van der Waals surface area contributed by atoms with E-state index >= 15 is 0 Å². The van der Waals surface area contributed by atoms with Gasteiger partial charge in [-0.15, -0.1) is 0 Å². The SMILES string of the molecule is CCc1ccc(OCCNC(=O)Nc2ccccc2C(C)C)cc1. The quantitative estimate of drug-likeness (QED) is 0.732. The summed E-state index contributed by atoms with van der Waals surface area (Å²) in [5.74, 6) is 1.18. The summed E-state index contributed by atoms with van der Waals surface area (Å²) in [5.41, 5.74) is 3.25. The van der Waals surface area contributed by atoms with Crippen molar-refractivity contribution in [3.8, 4) is 5.75 Å². The number of rotatable bonds is 7. The van der Waals surface area contributed by atoms with Gasteiger partial charge in [-0.3, -0.25) is 0 Å². The molecule has 0 radical (unpaired) electrons. The molecule has 0 aliphatic rings. The van der Waals surface area contributed by atoms with Crippen molar-refractivity contribution in [2.24, 2.45) is 0 Å². The van der Waals surface area contributed by atoms with Crippen molar-refractivity contribution in [3.63, 3.8) is 0 Å². The topological polar surface area (TPSA) is 50.4 Å². The number of ether oxygens (including phenoxy) is 1. The van der Waals surface area contributed by atoms with Crippen molar-refractivity contribution in [1.82, 2.24) is 5.32 Å². The summed E-state index contributed by atoms with van der Waals surface area (Å²) < 4.78 is 5.63. The van der Waals surface area contributed by atoms with Gasteiger partial charge >= 0.3 is 6.03 Å². The third kappa shape index (κ3) is 5.30. The van der Waals surface area contributed by atoms with Crippen LogP contribution in [0.2, 0.25) is 0 Å². The molecule has 0 spiro atoms. The van der Waals surface area contributed by atoms with Gasteiger partial charge in [0.25, 0.3) is 0 Å². The smallest absolute Gasteiger partial charge is 0.319 e. The summed E-state index contributed by atoms with van der Waals surface area (Å²) in [4.78, 5) is 12.0. The van der Waals surface area contributed by atoms with Gasteiger partial charge in [-0.2, -0.15) is 0 Å². The van der Waals surface area contributed by atoms with E-state index in [0.29, 0.717) is 19.1 Å². The second-order valence-corrected chi connectivity index (χ2v) is 5.97. The van der Waals surface area contributed by atoms with Gasteiger partial charge < -0.3 is 15.4 Å². The van der Waals surface area contributed by atoms with Gasteiger partial charge in [0.2, 0.25) is 0 Å². The van der Waals surface area contributed by atoms with E-state index in [2.05, 4.69) is 43.5 Å². The first-order valence-electron chi connectivity index (χ1n) is 8.45. The normalized spacial score (nSPS) is 10.5. The molecule has 2 aromatic carbocycles. The lowest BCUT2D eigenvalue weighted by Gasteiger charge is -2.14. The molecule has 0 fully saturated rings. The van der Waals surface area contributed by atoms with Crippen LogP contribution in [0.15, 0.2) is 48.5 Å². The zero-order chi connectivity index (χ0) is 17.4. The van der Waals surface area contributed by atoms with Gasteiger partial charge in [-0.05, 0) is 41.7 Å². The van der Waals surface area contributed by atoms with Crippen LogP contribution in [0.4, 0.5) is 10.5 Å². The Balaban J connectivity index is 1.75. The number of urea groups is 1. The van der Waals surface area contributed by atoms with E-state index in [-0.39, 0.29) is 6.03 Å². The van der Waals surface area contributed by atoms with E-state index in [1.807, 2.05) is 36.4 Å². The second kappa shape index (κ2) is 8.96. The zero-order valence-corrected chi connectivity index (χ0v) is 14.6. The number of amides is 2. The fourth-order valence-electron chi connectivity index (χ4n) is 2.44. The van der Waals surface area contributed by atoms with E-state index < -0.39 is 0 Å². The number of aryl methyl sites for hydroxylation is 1. The first kappa shape index (κ1) is 17.9. The van der Waals surface area contributed by atoms with Gasteiger partial charge in [0.15, 0.2) is 0 Å². The Bertz CT molecular complexity index is 651. The summed E-state index contributed by atoms with van der Waals surface area (Å²) in [6, 6.07) is 15.7. The number of nitrogens with one attached hydrogen (secondary N) is 2. The van der Waals surface area contributed by atoms with Crippen LogP contribution in [-0.4, -0.2) is 19.2 Å². The minimum atomic E-state index is -0.215. The van der Waals surface area contributed by atoms with Crippen molar-refractivity contribution in [2.45, 2.75) is 33.1 Å². The van der Waals surface area contributed by atoms with Crippen LogP contribution in [0.1, 0.15) is 37.8 Å². The predicted octanol–water partition coefficient (Wildman–Crippen LogP) is 4.57. The summed E-state index contributed by atoms with van der Waals surface area (Å²) in [6.45, 7) is 7.22. The molecule has 4 heteroatoms. The Morgan fingerprint density at radius 1 is 1.08 bits per heavy atom. The summed E-state index contributed by atoms with van der Waals surface area (Å²) >= 11 is 0. The van der Waals surface area contributed by atoms with Gasteiger partial charge in [-0.25, -0.2) is 4.79 Å². The molecule has 0 saturated carbocycles. The maximum absolute atomic E-state index is 12.0. The Morgan fingerprint density at radius 2 is 1.79 bits per heavy atom. The maximum Gasteiger partial charge on any atom is 0.319 e. The molecule has 2 aromatic rings. The molecule has 128 valence electrons. The van der Waals surface area contributed by atoms with Crippen LogP contribution in [0.25, 0.3) is 0 Å². The molecule has 2 amide bonds. The fourth-order valence-corrected chi connectivity index (χ4v) is 2.44. The Kier molecular flexibility index (Phi) is 6.67. The number of para-hydroxylation sites is 1. The van der Waals surface area contributed by atoms with Gasteiger partial charge in [0.1, 0.15) is 12.4 Å². The highest BCUT2D eigenvalue weighted by Gasteiger charge is 2.08. The molecule has 24 heavy (non-hydrogen) atoms. The average molecular weight is 326 g/mol. The van der Waals surface area contributed by atoms with E-state index in [1.54, 1.807) is 0 Å². The maximum atomic E-state index is 12.0. The number of carbonyl (C=O) groups excluding carboxylic acids is 1. The molecule has 0 unspecified atom stereocenters. The van der Waals surface area contributed by atoms with E-state index in [0.717, 1.165) is 23.4 Å². The van der Waals surface area contributed by atoms with Crippen LogP contribution in [-0.2, 0) is 6.42 Å². The van der Waals surface area contributed by atoms with E-state index in [9.17, 15) is 4.79 Å². The number of hydrogen-bond acceptors (Lipinski definition) is 2.